The SMILES string of the molecule is N=C(c1ccc(N2CCCNC(=O)C2)nc1)c1cc(OCc2c(Cl)cncc2Cl)ccc1N. The maximum atomic E-state index is 11.8. The number of rotatable bonds is 6. The van der Waals surface area contributed by atoms with Crippen LogP contribution in [0.5, 0.6) is 5.75 Å². The second-order valence-electron chi connectivity index (χ2n) is 7.52. The van der Waals surface area contributed by atoms with Crippen LogP contribution in [0.15, 0.2) is 48.9 Å². The van der Waals surface area contributed by atoms with Gasteiger partial charge in [-0.3, -0.25) is 15.2 Å². The van der Waals surface area contributed by atoms with Crippen molar-refractivity contribution in [3.8, 4) is 5.75 Å². The van der Waals surface area contributed by atoms with Crippen LogP contribution in [0.1, 0.15) is 23.1 Å². The summed E-state index contributed by atoms with van der Waals surface area (Å²) in [5, 5.41) is 12.3. The summed E-state index contributed by atoms with van der Waals surface area (Å²) in [5.41, 5.74) is 8.55. The molecule has 4 N–H and O–H groups in total. The lowest BCUT2D eigenvalue weighted by Gasteiger charge is -2.20. The van der Waals surface area contributed by atoms with Gasteiger partial charge in [0.25, 0.3) is 0 Å². The summed E-state index contributed by atoms with van der Waals surface area (Å²) in [4.78, 5) is 22.1. The van der Waals surface area contributed by atoms with Crippen molar-refractivity contribution in [1.82, 2.24) is 15.3 Å². The molecule has 8 nitrogen and oxygen atoms in total. The highest BCUT2D eigenvalue weighted by Gasteiger charge is 2.17. The molecule has 0 spiro atoms. The molecular formula is C23H22Cl2N6O2. The molecule has 3 aromatic rings. The fourth-order valence-electron chi connectivity index (χ4n) is 3.45. The highest BCUT2D eigenvalue weighted by molar-refractivity contribution is 6.35. The minimum absolute atomic E-state index is 0.0231. The number of anilines is 2. The first kappa shape index (κ1) is 22.8. The number of carbonyl (C=O) groups excluding carboxylic acids is 1. The molecule has 1 saturated heterocycles. The lowest BCUT2D eigenvalue weighted by Crippen LogP contribution is -2.33. The van der Waals surface area contributed by atoms with Gasteiger partial charge in [-0.15, -0.1) is 0 Å². The molecular weight excluding hydrogens is 463 g/mol. The van der Waals surface area contributed by atoms with Gasteiger partial charge in [0.1, 0.15) is 18.2 Å². The van der Waals surface area contributed by atoms with Crippen LogP contribution in [0.2, 0.25) is 10.0 Å². The van der Waals surface area contributed by atoms with E-state index >= 15 is 0 Å². The van der Waals surface area contributed by atoms with E-state index in [0.717, 1.165) is 13.0 Å². The number of hydrogen-bond acceptors (Lipinski definition) is 7. The molecule has 1 fully saturated rings. The minimum Gasteiger partial charge on any atom is -0.489 e. The van der Waals surface area contributed by atoms with E-state index < -0.39 is 0 Å². The summed E-state index contributed by atoms with van der Waals surface area (Å²) >= 11 is 12.3. The first-order chi connectivity index (χ1) is 15.9. The Balaban J connectivity index is 1.50. The van der Waals surface area contributed by atoms with Crippen molar-refractivity contribution >= 4 is 46.3 Å². The van der Waals surface area contributed by atoms with Crippen LogP contribution in [0, 0.1) is 5.41 Å². The fraction of sp³-hybridized carbons (Fsp3) is 0.217. The van der Waals surface area contributed by atoms with Gasteiger partial charge in [-0.05, 0) is 36.8 Å². The van der Waals surface area contributed by atoms with E-state index in [1.54, 1.807) is 30.5 Å². The number of carbonyl (C=O) groups is 1. The maximum Gasteiger partial charge on any atom is 0.239 e. The van der Waals surface area contributed by atoms with E-state index in [2.05, 4.69) is 15.3 Å². The Kier molecular flexibility index (Phi) is 6.96. The van der Waals surface area contributed by atoms with E-state index in [1.807, 2.05) is 11.0 Å². The predicted molar refractivity (Wildman–Crippen MR) is 129 cm³/mol. The van der Waals surface area contributed by atoms with Crippen LogP contribution in [0.4, 0.5) is 11.5 Å². The number of halogens is 2. The largest absolute Gasteiger partial charge is 0.489 e. The van der Waals surface area contributed by atoms with Crippen molar-refractivity contribution in [1.29, 1.82) is 5.41 Å². The van der Waals surface area contributed by atoms with Crippen LogP contribution >= 0.6 is 23.2 Å². The Labute approximate surface area is 201 Å². The van der Waals surface area contributed by atoms with E-state index in [4.69, 9.17) is 39.1 Å². The zero-order valence-corrected chi connectivity index (χ0v) is 19.2. The van der Waals surface area contributed by atoms with Gasteiger partial charge < -0.3 is 20.7 Å². The zero-order chi connectivity index (χ0) is 23.4. The fourth-order valence-corrected chi connectivity index (χ4v) is 3.92. The van der Waals surface area contributed by atoms with E-state index in [-0.39, 0.29) is 24.8 Å². The molecule has 0 saturated carbocycles. The molecule has 0 radical (unpaired) electrons. The minimum atomic E-state index is -0.0231. The van der Waals surface area contributed by atoms with E-state index in [0.29, 0.717) is 50.5 Å². The van der Waals surface area contributed by atoms with Crippen LogP contribution in [0.25, 0.3) is 0 Å². The van der Waals surface area contributed by atoms with Crippen molar-refractivity contribution in [2.45, 2.75) is 13.0 Å². The summed E-state index contributed by atoms with van der Waals surface area (Å²) in [5.74, 6) is 1.19. The monoisotopic (exact) mass is 484 g/mol. The zero-order valence-electron chi connectivity index (χ0n) is 17.6. The van der Waals surface area contributed by atoms with E-state index in [1.165, 1.54) is 12.4 Å². The third kappa shape index (κ3) is 5.35. The van der Waals surface area contributed by atoms with Gasteiger partial charge in [-0.1, -0.05) is 23.2 Å². The Bertz CT molecular complexity index is 1170. The molecule has 2 aromatic heterocycles. The molecule has 1 aliphatic rings. The summed E-state index contributed by atoms with van der Waals surface area (Å²) < 4.78 is 5.85. The number of nitrogens with two attached hydrogens (primary N) is 1. The molecule has 0 unspecified atom stereocenters. The van der Waals surface area contributed by atoms with Crippen LogP contribution in [-0.4, -0.2) is 41.2 Å². The van der Waals surface area contributed by atoms with Gasteiger partial charge in [-0.25, -0.2) is 4.98 Å². The van der Waals surface area contributed by atoms with Crippen molar-refractivity contribution in [3.05, 3.63) is 75.7 Å². The van der Waals surface area contributed by atoms with Gasteiger partial charge in [0.15, 0.2) is 0 Å². The maximum absolute atomic E-state index is 11.8. The highest BCUT2D eigenvalue weighted by Crippen LogP contribution is 2.27. The average molecular weight is 485 g/mol. The number of hydrogen-bond donors (Lipinski definition) is 3. The van der Waals surface area contributed by atoms with Gasteiger partial charge in [0.05, 0.1) is 22.3 Å². The smallest absolute Gasteiger partial charge is 0.239 e. The summed E-state index contributed by atoms with van der Waals surface area (Å²) in [6.45, 7) is 1.81. The van der Waals surface area contributed by atoms with Crippen molar-refractivity contribution in [2.75, 3.05) is 30.3 Å². The summed E-state index contributed by atoms with van der Waals surface area (Å²) in [6.07, 6.45) is 5.48. The highest BCUT2D eigenvalue weighted by atomic mass is 35.5. The van der Waals surface area contributed by atoms with Gasteiger partial charge in [0.2, 0.25) is 5.91 Å². The van der Waals surface area contributed by atoms with E-state index in [9.17, 15) is 4.79 Å². The molecule has 1 amide bonds. The van der Waals surface area contributed by atoms with Crippen LogP contribution in [0.3, 0.4) is 0 Å². The number of benzene rings is 1. The van der Waals surface area contributed by atoms with Crippen molar-refractivity contribution < 1.29 is 9.53 Å². The lowest BCUT2D eigenvalue weighted by atomic mass is 10.0. The quantitative estimate of drug-likeness (QED) is 0.362. The number of nitrogens with zero attached hydrogens (tertiary/aromatic N) is 3. The van der Waals surface area contributed by atoms with Crippen molar-refractivity contribution in [3.63, 3.8) is 0 Å². The van der Waals surface area contributed by atoms with Crippen molar-refractivity contribution in [2.24, 2.45) is 0 Å². The standard InChI is InChI=1S/C23H22Cl2N6O2/c24-18-10-28-11-19(25)17(18)13-33-15-3-4-20(26)16(8-15)23(27)14-2-5-21(30-9-14)31-7-1-6-29-22(32)12-31/h2-5,8-11,27H,1,6-7,12-13,26H2,(H,29,32). The Morgan fingerprint density at radius 3 is 2.70 bits per heavy atom. The number of pyridine rings is 2. The Hall–Kier alpha value is -3.36. The molecule has 170 valence electrons. The number of nitrogens with one attached hydrogen (secondary N) is 2. The summed E-state index contributed by atoms with van der Waals surface area (Å²) in [6, 6.07) is 8.73. The molecule has 0 atom stereocenters. The number of amides is 1. The normalized spacial score (nSPS) is 13.9. The van der Waals surface area contributed by atoms with Gasteiger partial charge in [-0.2, -0.15) is 0 Å². The second-order valence-corrected chi connectivity index (χ2v) is 8.34. The molecule has 3 heterocycles. The molecule has 0 bridgehead atoms. The first-order valence-electron chi connectivity index (χ1n) is 10.3. The second kappa shape index (κ2) is 10.1. The third-order valence-corrected chi connectivity index (χ3v) is 5.90. The lowest BCUT2D eigenvalue weighted by molar-refractivity contribution is -0.119. The molecule has 10 heteroatoms. The number of nitrogen functional groups attached to an aromatic ring is 1. The number of ether oxygens (including phenoxy) is 1. The van der Waals surface area contributed by atoms with Gasteiger partial charge in [0, 0.05) is 54.1 Å². The molecule has 1 aliphatic heterocycles. The van der Waals surface area contributed by atoms with Crippen LogP contribution < -0.4 is 20.7 Å². The molecule has 4 rings (SSSR count). The third-order valence-electron chi connectivity index (χ3n) is 5.25. The average Bonchev–Trinajstić information content (AvgIpc) is 3.04. The van der Waals surface area contributed by atoms with Crippen LogP contribution in [-0.2, 0) is 11.4 Å². The summed E-state index contributed by atoms with van der Waals surface area (Å²) in [7, 11) is 0. The van der Waals surface area contributed by atoms with Gasteiger partial charge >= 0.3 is 0 Å². The molecule has 33 heavy (non-hydrogen) atoms. The first-order valence-corrected chi connectivity index (χ1v) is 11.0. The number of aromatic nitrogens is 2. The Morgan fingerprint density at radius 2 is 1.97 bits per heavy atom. The Morgan fingerprint density at radius 1 is 1.18 bits per heavy atom. The molecule has 0 aliphatic carbocycles. The predicted octanol–water partition coefficient (Wildman–Crippen LogP) is 3.69. The topological polar surface area (TPSA) is 117 Å². The molecule has 1 aromatic carbocycles.